The molecule has 7 heteroatoms. The molecule has 7 aromatic carbocycles. The molecule has 4 nitrogen and oxygen atoms in total. The molecule has 226 valence electrons. The maximum Gasteiger partial charge on any atom is 0.256 e. The molecule has 0 unspecified atom stereocenters. The van der Waals surface area contributed by atoms with Crippen molar-refractivity contribution >= 4 is 92.1 Å². The number of fused-ring (bicyclic) bond motifs is 12. The van der Waals surface area contributed by atoms with E-state index in [9.17, 15) is 0 Å². The standard InChI is InChI=1S/C42H25B2N3OS/c45-31-14-6-2-10-24(31)26-17-19-35-40-41(26)46-32-15-7-4-12-28(32)44(40)30-21-34-38(22-36(30)48-35)49-37-20-18-25-23-9-1-3-11-27(23)43-29-13-5-8-16-33(29)47(34)42(37)39(25)43/h1-22,46H,45H2. The number of para-hydroxylation sites is 3. The fourth-order valence-corrected chi connectivity index (χ4v) is 10.2. The lowest BCUT2D eigenvalue weighted by atomic mass is 9.34. The molecule has 0 amide bonds. The highest BCUT2D eigenvalue weighted by molar-refractivity contribution is 7.99. The van der Waals surface area contributed by atoms with Gasteiger partial charge in [0.1, 0.15) is 11.5 Å². The summed E-state index contributed by atoms with van der Waals surface area (Å²) in [5, 5.41) is 3.81. The van der Waals surface area contributed by atoms with Crippen LogP contribution in [0.4, 0.5) is 34.1 Å². The minimum atomic E-state index is -0.00805. The second-order valence-corrected chi connectivity index (χ2v) is 14.6. The average molecular weight is 641 g/mol. The summed E-state index contributed by atoms with van der Waals surface area (Å²) in [7, 11) is 0. The van der Waals surface area contributed by atoms with Gasteiger partial charge in [-0.25, -0.2) is 0 Å². The third kappa shape index (κ3) is 3.28. The van der Waals surface area contributed by atoms with Crippen LogP contribution in [-0.2, 0) is 0 Å². The van der Waals surface area contributed by atoms with Gasteiger partial charge in [-0.1, -0.05) is 102 Å². The van der Waals surface area contributed by atoms with Crippen LogP contribution < -0.4 is 53.5 Å². The van der Waals surface area contributed by atoms with E-state index >= 15 is 0 Å². The van der Waals surface area contributed by atoms with Gasteiger partial charge in [0.25, 0.3) is 6.71 Å². The van der Waals surface area contributed by atoms with Gasteiger partial charge in [0, 0.05) is 43.7 Å². The van der Waals surface area contributed by atoms with Crippen molar-refractivity contribution in [3.63, 3.8) is 0 Å². The number of rotatable bonds is 1. The van der Waals surface area contributed by atoms with E-state index in [4.69, 9.17) is 10.5 Å². The fraction of sp³-hybridized carbons (Fsp3) is 0. The monoisotopic (exact) mass is 641 g/mol. The van der Waals surface area contributed by atoms with Gasteiger partial charge < -0.3 is 20.7 Å². The molecule has 5 heterocycles. The number of nitrogens with zero attached hydrogens (tertiary/aromatic N) is 1. The molecule has 0 fully saturated rings. The highest BCUT2D eigenvalue weighted by atomic mass is 32.2. The summed E-state index contributed by atoms with van der Waals surface area (Å²) in [5.74, 6) is 1.80. The van der Waals surface area contributed by atoms with Crippen LogP contribution in [0.2, 0.25) is 0 Å². The molecule has 0 atom stereocenters. The molecule has 5 aliphatic rings. The predicted octanol–water partition coefficient (Wildman–Crippen LogP) is 6.36. The smallest absolute Gasteiger partial charge is 0.256 e. The molecule has 0 aromatic heterocycles. The lowest BCUT2D eigenvalue weighted by Crippen LogP contribution is -2.58. The van der Waals surface area contributed by atoms with Crippen molar-refractivity contribution in [3.8, 4) is 33.8 Å². The number of hydrogen-bond acceptors (Lipinski definition) is 5. The van der Waals surface area contributed by atoms with Crippen LogP contribution in [0, 0.1) is 0 Å². The first-order valence-electron chi connectivity index (χ1n) is 16.8. The summed E-state index contributed by atoms with van der Waals surface area (Å²) in [4.78, 5) is 5.03. The molecular weight excluding hydrogens is 616 g/mol. The van der Waals surface area contributed by atoms with E-state index in [1.165, 1.54) is 65.3 Å². The Morgan fingerprint density at radius 1 is 0.551 bits per heavy atom. The Hall–Kier alpha value is -5.78. The number of anilines is 6. The number of benzene rings is 7. The Kier molecular flexibility index (Phi) is 4.93. The van der Waals surface area contributed by atoms with Gasteiger partial charge >= 0.3 is 0 Å². The molecule has 0 bridgehead atoms. The molecule has 49 heavy (non-hydrogen) atoms. The number of nitrogens with two attached hydrogens (primary N) is 1. The normalized spacial score (nSPS) is 14.3. The second kappa shape index (κ2) is 9.22. The Morgan fingerprint density at radius 2 is 1.29 bits per heavy atom. The van der Waals surface area contributed by atoms with E-state index in [-0.39, 0.29) is 13.4 Å². The summed E-state index contributed by atoms with van der Waals surface area (Å²) in [6.07, 6.45) is 0. The maximum absolute atomic E-state index is 6.88. The van der Waals surface area contributed by atoms with Crippen molar-refractivity contribution in [2.75, 3.05) is 16.0 Å². The molecule has 0 spiro atoms. The van der Waals surface area contributed by atoms with Crippen LogP contribution in [-0.4, -0.2) is 13.4 Å². The van der Waals surface area contributed by atoms with E-state index in [2.05, 4.69) is 132 Å². The van der Waals surface area contributed by atoms with Gasteiger partial charge in [-0.3, -0.25) is 0 Å². The van der Waals surface area contributed by atoms with E-state index in [0.29, 0.717) is 0 Å². The van der Waals surface area contributed by atoms with Crippen LogP contribution in [0.15, 0.2) is 143 Å². The first-order valence-corrected chi connectivity index (χ1v) is 17.6. The number of ether oxygens (including phenoxy) is 1. The van der Waals surface area contributed by atoms with E-state index in [0.717, 1.165) is 45.2 Å². The average Bonchev–Trinajstić information content (AvgIpc) is 3.49. The molecular formula is C42H25B2N3OS. The highest BCUT2D eigenvalue weighted by Crippen LogP contribution is 2.54. The summed E-state index contributed by atoms with van der Waals surface area (Å²) in [5.41, 5.74) is 25.8. The fourth-order valence-electron chi connectivity index (χ4n) is 9.13. The van der Waals surface area contributed by atoms with Crippen molar-refractivity contribution in [2.45, 2.75) is 9.79 Å². The number of nitrogen functional groups attached to an aromatic ring is 1. The van der Waals surface area contributed by atoms with Crippen LogP contribution in [0.25, 0.3) is 22.3 Å². The van der Waals surface area contributed by atoms with E-state index in [1.54, 1.807) is 0 Å². The minimum Gasteiger partial charge on any atom is -0.458 e. The summed E-state index contributed by atoms with van der Waals surface area (Å²) in [6, 6.07) is 48.4. The largest absolute Gasteiger partial charge is 0.458 e. The molecule has 0 aliphatic carbocycles. The lowest BCUT2D eigenvalue weighted by molar-refractivity contribution is 0.486. The second-order valence-electron chi connectivity index (χ2n) is 13.5. The van der Waals surface area contributed by atoms with Crippen molar-refractivity contribution in [2.24, 2.45) is 0 Å². The van der Waals surface area contributed by atoms with Crippen molar-refractivity contribution in [3.05, 3.63) is 133 Å². The third-order valence-corrected chi connectivity index (χ3v) is 12.2. The Labute approximate surface area is 288 Å². The van der Waals surface area contributed by atoms with Gasteiger partial charge in [-0.2, -0.15) is 0 Å². The molecule has 0 saturated heterocycles. The van der Waals surface area contributed by atoms with Gasteiger partial charge in [-0.05, 0) is 87.0 Å². The first kappa shape index (κ1) is 26.2. The quantitative estimate of drug-likeness (QED) is 0.162. The highest BCUT2D eigenvalue weighted by Gasteiger charge is 2.46. The van der Waals surface area contributed by atoms with Crippen molar-refractivity contribution in [1.82, 2.24) is 0 Å². The van der Waals surface area contributed by atoms with Gasteiger partial charge in [0.2, 0.25) is 6.71 Å². The molecule has 3 N–H and O–H groups in total. The maximum atomic E-state index is 6.88. The van der Waals surface area contributed by atoms with Crippen molar-refractivity contribution in [1.29, 1.82) is 0 Å². The molecule has 12 rings (SSSR count). The van der Waals surface area contributed by atoms with E-state index < -0.39 is 0 Å². The Balaban J connectivity index is 1.11. The lowest BCUT2D eigenvalue weighted by Gasteiger charge is -2.42. The van der Waals surface area contributed by atoms with E-state index in [1.807, 2.05) is 23.9 Å². The van der Waals surface area contributed by atoms with Gasteiger partial charge in [0.15, 0.2) is 0 Å². The summed E-state index contributed by atoms with van der Waals surface area (Å²) < 4.78 is 6.88. The van der Waals surface area contributed by atoms with Crippen LogP contribution >= 0.6 is 11.8 Å². The van der Waals surface area contributed by atoms with Gasteiger partial charge in [0.05, 0.1) is 11.4 Å². The number of nitrogens with one attached hydrogen (secondary N) is 1. The van der Waals surface area contributed by atoms with Crippen LogP contribution in [0.3, 0.4) is 0 Å². The minimum absolute atomic E-state index is 0.00805. The zero-order chi connectivity index (χ0) is 32.0. The Morgan fingerprint density at radius 3 is 2.18 bits per heavy atom. The summed E-state index contributed by atoms with van der Waals surface area (Å²) in [6.45, 7) is 0.220. The molecule has 5 aliphatic heterocycles. The van der Waals surface area contributed by atoms with Crippen LogP contribution in [0.5, 0.6) is 11.5 Å². The van der Waals surface area contributed by atoms with Crippen molar-refractivity contribution < 1.29 is 4.74 Å². The zero-order valence-electron chi connectivity index (χ0n) is 26.2. The van der Waals surface area contributed by atoms with Gasteiger partial charge in [-0.15, -0.1) is 0 Å². The first-order chi connectivity index (χ1) is 24.2. The third-order valence-electron chi connectivity index (χ3n) is 11.1. The number of hydrogen-bond donors (Lipinski definition) is 2. The SMILES string of the molecule is Nc1ccccc1-c1ccc2c3c1Nc1ccccc1B3c1cc3c(cc1O2)Sc1ccc2c4c1N3c1ccccc1B4c1ccccc1-2. The predicted molar refractivity (Wildman–Crippen MR) is 206 cm³/mol. The molecule has 7 aromatic rings. The topological polar surface area (TPSA) is 50.5 Å². The Bertz CT molecular complexity index is 2660. The molecule has 0 radical (unpaired) electrons. The molecule has 0 saturated carbocycles. The van der Waals surface area contributed by atoms with Crippen LogP contribution in [0.1, 0.15) is 0 Å². The zero-order valence-corrected chi connectivity index (χ0v) is 27.0. The summed E-state index contributed by atoms with van der Waals surface area (Å²) >= 11 is 1.86.